The molecule has 0 radical (unpaired) electrons. The summed E-state index contributed by atoms with van der Waals surface area (Å²) in [7, 11) is 0. The summed E-state index contributed by atoms with van der Waals surface area (Å²) >= 11 is 0. The average Bonchev–Trinajstić information content (AvgIpc) is 3.84. The lowest BCUT2D eigenvalue weighted by Gasteiger charge is -2.28. The maximum Gasteiger partial charge on any atom is 0.114 e. The van der Waals surface area contributed by atoms with Crippen LogP contribution >= 0.6 is 0 Å². The van der Waals surface area contributed by atoms with Gasteiger partial charge in [0.1, 0.15) is 48.8 Å². The third-order valence-corrected chi connectivity index (χ3v) is 9.88. The first-order valence-electron chi connectivity index (χ1n) is 15.6. The van der Waals surface area contributed by atoms with Gasteiger partial charge in [-0.25, -0.2) is 0 Å². The Morgan fingerprint density at radius 2 is 0.619 bits per heavy atom. The molecule has 4 unspecified atom stereocenters. The van der Waals surface area contributed by atoms with Gasteiger partial charge in [-0.3, -0.25) is 0 Å². The predicted molar refractivity (Wildman–Crippen MR) is 152 cm³/mol. The number of fused-ring (bicyclic) bond motifs is 4. The molecule has 6 saturated heterocycles. The molecular formula is C32H40N4O6. The van der Waals surface area contributed by atoms with Gasteiger partial charge in [0.2, 0.25) is 0 Å². The minimum absolute atomic E-state index is 0.0422. The Balaban J connectivity index is 1.05. The maximum atomic E-state index is 6.78. The first kappa shape index (κ1) is 26.4. The van der Waals surface area contributed by atoms with Crippen LogP contribution in [-0.2, 0) is 54.8 Å². The van der Waals surface area contributed by atoms with Gasteiger partial charge in [-0.15, -0.1) is 0 Å². The second kappa shape index (κ2) is 10.9. The molecule has 0 amide bonds. The van der Waals surface area contributed by atoms with Gasteiger partial charge in [-0.05, 0) is 22.3 Å². The van der Waals surface area contributed by atoms with Crippen molar-refractivity contribution in [3.8, 4) is 0 Å². The van der Waals surface area contributed by atoms with E-state index in [0.717, 1.165) is 48.4 Å². The molecule has 224 valence electrons. The van der Waals surface area contributed by atoms with Crippen LogP contribution in [0.15, 0.2) is 48.5 Å². The molecule has 0 bridgehead atoms. The van der Waals surface area contributed by atoms with E-state index in [2.05, 4.69) is 69.8 Å². The van der Waals surface area contributed by atoms with Crippen molar-refractivity contribution in [2.75, 3.05) is 26.2 Å². The van der Waals surface area contributed by atoms with Crippen molar-refractivity contribution in [3.05, 3.63) is 70.8 Å². The summed E-state index contributed by atoms with van der Waals surface area (Å²) in [6.07, 6.45) is -0.863. The van der Waals surface area contributed by atoms with Gasteiger partial charge in [0.15, 0.2) is 0 Å². The van der Waals surface area contributed by atoms with E-state index in [-0.39, 0.29) is 48.8 Å². The van der Waals surface area contributed by atoms with Crippen LogP contribution in [-0.4, -0.2) is 99.2 Å². The van der Waals surface area contributed by atoms with Crippen molar-refractivity contribution in [2.24, 2.45) is 0 Å². The minimum Gasteiger partial charge on any atom is -0.368 e. The molecule has 0 aliphatic carbocycles. The zero-order valence-corrected chi connectivity index (χ0v) is 23.7. The highest BCUT2D eigenvalue weighted by molar-refractivity contribution is 5.28. The second-order valence-corrected chi connectivity index (χ2v) is 12.8. The molecule has 4 N–H and O–H groups in total. The molecule has 9 rings (SSSR count). The van der Waals surface area contributed by atoms with E-state index >= 15 is 0 Å². The molecule has 12 atom stereocenters. The Bertz CT molecular complexity index is 1090. The maximum absolute atomic E-state index is 6.78. The van der Waals surface area contributed by atoms with Crippen LogP contribution < -0.4 is 21.3 Å². The monoisotopic (exact) mass is 576 g/mol. The van der Waals surface area contributed by atoms with Gasteiger partial charge in [0, 0.05) is 50.3 Å². The first-order valence-corrected chi connectivity index (χ1v) is 15.6. The smallest absolute Gasteiger partial charge is 0.114 e. The van der Waals surface area contributed by atoms with E-state index in [0.29, 0.717) is 50.6 Å². The summed E-state index contributed by atoms with van der Waals surface area (Å²) in [5.41, 5.74) is 4.51. The van der Waals surface area contributed by atoms with Crippen molar-refractivity contribution in [1.29, 1.82) is 0 Å². The molecule has 10 nitrogen and oxygen atoms in total. The summed E-state index contributed by atoms with van der Waals surface area (Å²) in [5.74, 6) is 0. The van der Waals surface area contributed by atoms with Gasteiger partial charge in [-0.2, -0.15) is 0 Å². The average molecular weight is 577 g/mol. The second-order valence-electron chi connectivity index (χ2n) is 12.8. The lowest BCUT2D eigenvalue weighted by atomic mass is 10.0. The molecule has 2 aromatic rings. The molecule has 0 aromatic heterocycles. The Labute approximate surface area is 246 Å². The fourth-order valence-corrected chi connectivity index (χ4v) is 7.10. The third kappa shape index (κ3) is 5.21. The van der Waals surface area contributed by atoms with E-state index in [1.165, 1.54) is 0 Å². The molecular weight excluding hydrogens is 536 g/mol. The zero-order valence-electron chi connectivity index (χ0n) is 23.7. The molecule has 7 aliphatic rings. The van der Waals surface area contributed by atoms with Crippen LogP contribution in [0.4, 0.5) is 0 Å². The third-order valence-electron chi connectivity index (χ3n) is 9.88. The van der Waals surface area contributed by atoms with Gasteiger partial charge < -0.3 is 49.7 Å². The van der Waals surface area contributed by atoms with E-state index in [1.807, 2.05) is 0 Å². The highest BCUT2D eigenvalue weighted by Crippen LogP contribution is 2.38. The van der Waals surface area contributed by atoms with Crippen molar-refractivity contribution >= 4 is 0 Å². The number of benzene rings is 2. The SMILES string of the molecule is c1ccc2c(c1)COC1C(OCc3ccccc3COC3C(OC2)[C@@H]([C@@H]2CN2)O[C@H]3[C@@H]2CN2)[C@@H]([C@@H]2CN2)O[C@H]1[C@@H]1CN1. The number of nitrogens with one attached hydrogen (secondary N) is 4. The van der Waals surface area contributed by atoms with E-state index in [4.69, 9.17) is 28.4 Å². The van der Waals surface area contributed by atoms with E-state index in [1.54, 1.807) is 0 Å². The molecule has 42 heavy (non-hydrogen) atoms. The highest BCUT2D eigenvalue weighted by atomic mass is 16.6. The summed E-state index contributed by atoms with van der Waals surface area (Å²) in [6.45, 7) is 5.69. The normalized spacial score (nSPS) is 44.4. The fraction of sp³-hybridized carbons (Fsp3) is 0.625. The molecule has 6 fully saturated rings. The summed E-state index contributed by atoms with van der Waals surface area (Å²) in [6, 6.07) is 18.1. The van der Waals surface area contributed by atoms with Crippen molar-refractivity contribution in [3.63, 3.8) is 0 Å². The number of hydrogen-bond acceptors (Lipinski definition) is 10. The topological polar surface area (TPSA) is 143 Å². The largest absolute Gasteiger partial charge is 0.368 e. The minimum atomic E-state index is -0.174. The van der Waals surface area contributed by atoms with Crippen molar-refractivity contribution in [2.45, 2.75) is 99.4 Å². The Hall–Kier alpha value is -1.96. The van der Waals surface area contributed by atoms with Crippen LogP contribution in [0.5, 0.6) is 0 Å². The summed E-state index contributed by atoms with van der Waals surface area (Å²) in [5, 5.41) is 13.8. The molecule has 7 heterocycles. The van der Waals surface area contributed by atoms with Gasteiger partial charge in [0.25, 0.3) is 0 Å². The summed E-state index contributed by atoms with van der Waals surface area (Å²) < 4.78 is 40.4. The van der Waals surface area contributed by atoms with E-state index in [9.17, 15) is 0 Å². The van der Waals surface area contributed by atoms with Crippen molar-refractivity contribution in [1.82, 2.24) is 21.3 Å². The van der Waals surface area contributed by atoms with Crippen molar-refractivity contribution < 1.29 is 28.4 Å². The standard InChI is InChI=1S/C32H40N4O6/c1-2-6-18-14-38-31-27(23-11-35-23)42-28(24-12-36-24)32(31)40-16-20-8-4-3-7-19(20)15-39-30-26(22-10-34-22)41-25(21-9-33-21)29(30)37-13-17(18)5-1/h1-8,21-36H,9-16H2/t21-,22-,23-,24-,25-,26+,27+,28-,29?,30?,31?,32?/m0/s1. The molecule has 0 saturated carbocycles. The number of hydrogen-bond donors (Lipinski definition) is 4. The van der Waals surface area contributed by atoms with Crippen LogP contribution in [0.1, 0.15) is 22.3 Å². The van der Waals surface area contributed by atoms with Gasteiger partial charge >= 0.3 is 0 Å². The molecule has 7 aliphatic heterocycles. The Morgan fingerprint density at radius 3 is 0.833 bits per heavy atom. The van der Waals surface area contributed by atoms with Gasteiger partial charge in [-0.1, -0.05) is 48.5 Å². The summed E-state index contributed by atoms with van der Waals surface area (Å²) in [4.78, 5) is 0. The Morgan fingerprint density at radius 1 is 0.381 bits per heavy atom. The zero-order chi connectivity index (χ0) is 27.6. The Kier molecular flexibility index (Phi) is 6.85. The predicted octanol–water partition coefficient (Wildman–Crippen LogP) is 0.363. The van der Waals surface area contributed by atoms with Crippen LogP contribution in [0.2, 0.25) is 0 Å². The first-order chi connectivity index (χ1) is 20.8. The highest BCUT2D eigenvalue weighted by Gasteiger charge is 2.57. The lowest BCUT2D eigenvalue weighted by molar-refractivity contribution is -0.0869. The quantitative estimate of drug-likeness (QED) is 0.377. The number of ether oxygens (including phenoxy) is 6. The molecule has 2 aromatic carbocycles. The number of rotatable bonds is 4. The van der Waals surface area contributed by atoms with Crippen LogP contribution in [0.3, 0.4) is 0 Å². The fourth-order valence-electron chi connectivity index (χ4n) is 7.10. The van der Waals surface area contributed by atoms with E-state index < -0.39 is 0 Å². The van der Waals surface area contributed by atoms with Gasteiger partial charge in [0.05, 0.1) is 26.4 Å². The molecule has 0 spiro atoms. The van der Waals surface area contributed by atoms with Crippen LogP contribution in [0, 0.1) is 0 Å². The lowest BCUT2D eigenvalue weighted by Crippen LogP contribution is -2.42. The molecule has 10 heteroatoms. The van der Waals surface area contributed by atoms with Crippen LogP contribution in [0.25, 0.3) is 0 Å².